The molecule has 0 saturated heterocycles. The number of likely N-dealkylation sites (N-methyl/N-ethyl adjacent to an activating group) is 1. The predicted molar refractivity (Wildman–Crippen MR) is 78.3 cm³/mol. The molecule has 0 fully saturated rings. The Morgan fingerprint density at radius 1 is 1.30 bits per heavy atom. The maximum Gasteiger partial charge on any atom is 0.245 e. The van der Waals surface area contributed by atoms with Gasteiger partial charge in [0.25, 0.3) is 0 Å². The summed E-state index contributed by atoms with van der Waals surface area (Å²) in [5.41, 5.74) is 3.37. The first-order valence-electron chi connectivity index (χ1n) is 6.72. The van der Waals surface area contributed by atoms with E-state index >= 15 is 0 Å². The van der Waals surface area contributed by atoms with Gasteiger partial charge in [-0.05, 0) is 29.3 Å². The third kappa shape index (κ3) is 2.50. The van der Waals surface area contributed by atoms with Crippen LogP contribution in [0.25, 0.3) is 0 Å². The van der Waals surface area contributed by atoms with Crippen LogP contribution in [0.5, 0.6) is 0 Å². The number of rotatable bonds is 3. The lowest BCUT2D eigenvalue weighted by atomic mass is 10.1. The fourth-order valence-corrected chi connectivity index (χ4v) is 2.55. The van der Waals surface area contributed by atoms with E-state index < -0.39 is 0 Å². The second-order valence-electron chi connectivity index (χ2n) is 5.11. The lowest BCUT2D eigenvalue weighted by Gasteiger charge is -2.21. The number of para-hydroxylation sites is 1. The average molecular weight is 267 g/mol. The van der Waals surface area contributed by atoms with Gasteiger partial charge in [0.2, 0.25) is 5.91 Å². The first-order chi connectivity index (χ1) is 9.74. The van der Waals surface area contributed by atoms with E-state index in [0.29, 0.717) is 6.54 Å². The predicted octanol–water partition coefficient (Wildman–Crippen LogP) is 2.08. The van der Waals surface area contributed by atoms with Gasteiger partial charge in [0, 0.05) is 38.1 Å². The van der Waals surface area contributed by atoms with Gasteiger partial charge in [-0.2, -0.15) is 0 Å². The van der Waals surface area contributed by atoms with Crippen LogP contribution in [0, 0.1) is 0 Å². The number of pyridine rings is 1. The molecule has 2 aromatic rings. The molecule has 1 amide bonds. The van der Waals surface area contributed by atoms with E-state index in [1.807, 2.05) is 37.4 Å². The molecule has 1 aliphatic heterocycles. The summed E-state index contributed by atoms with van der Waals surface area (Å²) in [6, 6.07) is 11.8. The molecule has 0 unspecified atom stereocenters. The Morgan fingerprint density at radius 2 is 2.05 bits per heavy atom. The first-order valence-corrected chi connectivity index (χ1v) is 6.72. The lowest BCUT2D eigenvalue weighted by molar-refractivity contribution is -0.131. The monoisotopic (exact) mass is 267 g/mol. The Kier molecular flexibility index (Phi) is 3.37. The topological polar surface area (TPSA) is 45.2 Å². The molecule has 3 rings (SSSR count). The van der Waals surface area contributed by atoms with Crippen molar-refractivity contribution in [3.05, 3.63) is 59.9 Å². The molecule has 1 aromatic carbocycles. The Hall–Kier alpha value is -2.36. The number of nitrogens with zero attached hydrogens (tertiary/aromatic N) is 2. The Morgan fingerprint density at radius 3 is 2.80 bits per heavy atom. The molecule has 20 heavy (non-hydrogen) atoms. The molecule has 0 radical (unpaired) electrons. The fourth-order valence-electron chi connectivity index (χ4n) is 2.55. The molecule has 0 saturated carbocycles. The Balaban J connectivity index is 1.66. The summed E-state index contributed by atoms with van der Waals surface area (Å²) in [6.45, 7) is 0.607. The number of fused-ring (bicyclic) bond motifs is 1. The summed E-state index contributed by atoms with van der Waals surface area (Å²) < 4.78 is 0. The number of anilines is 1. The summed E-state index contributed by atoms with van der Waals surface area (Å²) in [5, 5.41) is 3.30. The number of carbonyl (C=O) groups is 1. The Labute approximate surface area is 118 Å². The quantitative estimate of drug-likeness (QED) is 0.926. The van der Waals surface area contributed by atoms with Crippen LogP contribution in [-0.4, -0.2) is 28.9 Å². The highest BCUT2D eigenvalue weighted by molar-refractivity contribution is 5.87. The highest BCUT2D eigenvalue weighted by Crippen LogP contribution is 2.26. The van der Waals surface area contributed by atoms with Crippen LogP contribution in [-0.2, 0) is 17.8 Å². The molecule has 1 N–H and O–H groups in total. The van der Waals surface area contributed by atoms with Gasteiger partial charge in [-0.15, -0.1) is 0 Å². The molecular weight excluding hydrogens is 250 g/mol. The number of amides is 1. The molecular formula is C16H17N3O. The van der Waals surface area contributed by atoms with Crippen molar-refractivity contribution in [2.45, 2.75) is 19.0 Å². The zero-order valence-corrected chi connectivity index (χ0v) is 11.4. The van der Waals surface area contributed by atoms with Crippen LogP contribution in [0.2, 0.25) is 0 Å². The number of benzene rings is 1. The van der Waals surface area contributed by atoms with Crippen LogP contribution in [0.1, 0.15) is 11.1 Å². The summed E-state index contributed by atoms with van der Waals surface area (Å²) >= 11 is 0. The summed E-state index contributed by atoms with van der Waals surface area (Å²) in [7, 11) is 1.84. The van der Waals surface area contributed by atoms with Crippen molar-refractivity contribution < 1.29 is 4.79 Å². The number of carbonyl (C=O) groups excluding carboxylic acids is 1. The molecule has 102 valence electrons. The van der Waals surface area contributed by atoms with Crippen molar-refractivity contribution in [1.82, 2.24) is 9.88 Å². The van der Waals surface area contributed by atoms with E-state index in [0.717, 1.165) is 17.7 Å². The van der Waals surface area contributed by atoms with E-state index in [-0.39, 0.29) is 11.9 Å². The molecule has 0 aliphatic carbocycles. The normalized spacial score (nSPS) is 16.4. The minimum atomic E-state index is -0.153. The van der Waals surface area contributed by atoms with Gasteiger partial charge in [0.15, 0.2) is 0 Å². The third-order valence-corrected chi connectivity index (χ3v) is 3.61. The fraction of sp³-hybridized carbons (Fsp3) is 0.250. The molecule has 4 heteroatoms. The minimum absolute atomic E-state index is 0.123. The number of hydrogen-bond acceptors (Lipinski definition) is 3. The average Bonchev–Trinajstić information content (AvgIpc) is 2.91. The molecule has 1 aromatic heterocycles. The Bertz CT molecular complexity index is 587. The molecule has 1 aliphatic rings. The van der Waals surface area contributed by atoms with Crippen molar-refractivity contribution >= 4 is 11.6 Å². The molecule has 2 heterocycles. The van der Waals surface area contributed by atoms with Gasteiger partial charge < -0.3 is 10.2 Å². The smallest absolute Gasteiger partial charge is 0.245 e. The zero-order chi connectivity index (χ0) is 13.9. The van der Waals surface area contributed by atoms with Crippen LogP contribution < -0.4 is 5.32 Å². The van der Waals surface area contributed by atoms with Gasteiger partial charge in [0.1, 0.15) is 6.04 Å². The largest absolute Gasteiger partial charge is 0.373 e. The van der Waals surface area contributed by atoms with Gasteiger partial charge >= 0.3 is 0 Å². The van der Waals surface area contributed by atoms with Crippen LogP contribution >= 0.6 is 0 Å². The highest BCUT2D eigenvalue weighted by Gasteiger charge is 2.28. The van der Waals surface area contributed by atoms with Crippen LogP contribution in [0.15, 0.2) is 48.8 Å². The number of aromatic nitrogens is 1. The van der Waals surface area contributed by atoms with E-state index in [9.17, 15) is 4.79 Å². The third-order valence-electron chi connectivity index (χ3n) is 3.61. The lowest BCUT2D eigenvalue weighted by Crippen LogP contribution is -2.39. The van der Waals surface area contributed by atoms with Crippen LogP contribution in [0.3, 0.4) is 0 Å². The SMILES string of the molecule is CN(Cc1ccncc1)C(=O)[C@@H]1Cc2ccccc2N1. The maximum atomic E-state index is 12.5. The molecule has 0 bridgehead atoms. The standard InChI is InChI=1S/C16H17N3O/c1-19(11-12-6-8-17-9-7-12)16(20)15-10-13-4-2-3-5-14(13)18-15/h2-9,15,18H,10-11H2,1H3/t15-/m0/s1. The van der Waals surface area contributed by atoms with Crippen molar-refractivity contribution in [3.8, 4) is 0 Å². The van der Waals surface area contributed by atoms with E-state index in [2.05, 4.69) is 16.4 Å². The number of hydrogen-bond donors (Lipinski definition) is 1. The van der Waals surface area contributed by atoms with Crippen molar-refractivity contribution in [1.29, 1.82) is 0 Å². The zero-order valence-electron chi connectivity index (χ0n) is 11.4. The summed E-state index contributed by atoms with van der Waals surface area (Å²) in [5.74, 6) is 0.123. The summed E-state index contributed by atoms with van der Waals surface area (Å²) in [6.07, 6.45) is 4.25. The second-order valence-corrected chi connectivity index (χ2v) is 5.11. The van der Waals surface area contributed by atoms with Gasteiger partial charge in [-0.25, -0.2) is 0 Å². The number of nitrogens with one attached hydrogen (secondary N) is 1. The van der Waals surface area contributed by atoms with E-state index in [4.69, 9.17) is 0 Å². The van der Waals surface area contributed by atoms with Gasteiger partial charge in [-0.1, -0.05) is 18.2 Å². The molecule has 0 spiro atoms. The van der Waals surface area contributed by atoms with Crippen molar-refractivity contribution in [2.24, 2.45) is 0 Å². The van der Waals surface area contributed by atoms with Crippen LogP contribution in [0.4, 0.5) is 5.69 Å². The van der Waals surface area contributed by atoms with Crippen molar-refractivity contribution in [2.75, 3.05) is 12.4 Å². The molecule has 4 nitrogen and oxygen atoms in total. The summed E-state index contributed by atoms with van der Waals surface area (Å²) in [4.78, 5) is 18.2. The minimum Gasteiger partial charge on any atom is -0.373 e. The second kappa shape index (κ2) is 5.33. The van der Waals surface area contributed by atoms with E-state index in [1.54, 1.807) is 17.3 Å². The van der Waals surface area contributed by atoms with Gasteiger partial charge in [-0.3, -0.25) is 9.78 Å². The first kappa shape index (κ1) is 12.7. The molecule has 1 atom stereocenters. The van der Waals surface area contributed by atoms with Gasteiger partial charge in [0.05, 0.1) is 0 Å². The van der Waals surface area contributed by atoms with Crippen molar-refractivity contribution in [3.63, 3.8) is 0 Å². The maximum absolute atomic E-state index is 12.5. The van der Waals surface area contributed by atoms with E-state index in [1.165, 1.54) is 5.56 Å². The highest BCUT2D eigenvalue weighted by atomic mass is 16.2.